The summed E-state index contributed by atoms with van der Waals surface area (Å²) >= 11 is 0. The van der Waals surface area contributed by atoms with Crippen LogP contribution in [0.15, 0.2) is 65.9 Å². The summed E-state index contributed by atoms with van der Waals surface area (Å²) in [6.45, 7) is 2.18. The van der Waals surface area contributed by atoms with Crippen molar-refractivity contribution in [3.05, 3.63) is 83.4 Å². The van der Waals surface area contributed by atoms with Gasteiger partial charge >= 0.3 is 0 Å². The van der Waals surface area contributed by atoms with Gasteiger partial charge in [0.05, 0.1) is 23.7 Å². The molecule has 0 spiro atoms. The molecule has 0 bridgehead atoms. The summed E-state index contributed by atoms with van der Waals surface area (Å²) in [6, 6.07) is 13.0. The smallest absolute Gasteiger partial charge is 0.289 e. The van der Waals surface area contributed by atoms with E-state index in [1.807, 2.05) is 0 Å². The first-order valence-electron chi connectivity index (χ1n) is 13.0. The summed E-state index contributed by atoms with van der Waals surface area (Å²) in [5.74, 6) is -2.24. The predicted octanol–water partition coefficient (Wildman–Crippen LogP) is 4.34. The van der Waals surface area contributed by atoms with E-state index in [0.717, 1.165) is 12.4 Å². The van der Waals surface area contributed by atoms with Crippen molar-refractivity contribution < 1.29 is 31.9 Å². The number of aryl methyl sites for hydroxylation is 1. The summed E-state index contributed by atoms with van der Waals surface area (Å²) in [7, 11) is 0. The fourth-order valence-electron chi connectivity index (χ4n) is 4.81. The van der Waals surface area contributed by atoms with Crippen molar-refractivity contribution in [3.8, 4) is 17.1 Å². The van der Waals surface area contributed by atoms with Gasteiger partial charge in [-0.15, -0.1) is 0 Å². The molecule has 4 heterocycles. The lowest BCUT2D eigenvalue weighted by molar-refractivity contribution is -0.117. The standard InChI is InChI=1S/C28H23F4N7O3/c1-14-10-11-38-28(42-14)19(21(37-38)16-12-33-39(13-16)24(32)23(30)31)26(40)36-25-27(41)35-22-17(8-5-9-18(22)29)20(34-25)15-6-3-2-4-7-15/h2-9,12-14,23-25H,10-11H2,1H3,(H,35,41)(H,36,40)/t14-,24?,25-/m1/s1. The number of carbonyl (C=O) groups excluding carboxylic acids is 2. The van der Waals surface area contributed by atoms with Crippen LogP contribution in [-0.2, 0) is 11.3 Å². The normalized spacial score (nSPS) is 18.7. The molecule has 14 heteroatoms. The van der Waals surface area contributed by atoms with Gasteiger partial charge in [-0.2, -0.15) is 10.2 Å². The molecular weight excluding hydrogens is 558 g/mol. The molecule has 2 aliphatic rings. The number of fused-ring (bicyclic) bond motifs is 2. The number of nitrogens with one attached hydrogen (secondary N) is 2. The van der Waals surface area contributed by atoms with Crippen LogP contribution in [0.2, 0.25) is 0 Å². The maximum atomic E-state index is 14.8. The van der Waals surface area contributed by atoms with Crippen molar-refractivity contribution in [1.29, 1.82) is 0 Å². The second-order valence-corrected chi connectivity index (χ2v) is 9.76. The van der Waals surface area contributed by atoms with Crippen molar-refractivity contribution in [2.75, 3.05) is 5.32 Å². The average molecular weight is 582 g/mol. The Morgan fingerprint density at radius 1 is 1.12 bits per heavy atom. The van der Waals surface area contributed by atoms with Gasteiger partial charge in [0, 0.05) is 35.9 Å². The van der Waals surface area contributed by atoms with Crippen LogP contribution in [0.1, 0.15) is 41.1 Å². The third-order valence-electron chi connectivity index (χ3n) is 6.87. The summed E-state index contributed by atoms with van der Waals surface area (Å²) in [5.41, 5.74) is 1.01. The zero-order chi connectivity index (χ0) is 29.5. The lowest BCUT2D eigenvalue weighted by Crippen LogP contribution is -2.42. The van der Waals surface area contributed by atoms with Crippen molar-refractivity contribution in [1.82, 2.24) is 24.9 Å². The Balaban J connectivity index is 1.41. The number of aromatic nitrogens is 4. The monoisotopic (exact) mass is 581 g/mol. The quantitative estimate of drug-likeness (QED) is 0.329. The highest BCUT2D eigenvalue weighted by Crippen LogP contribution is 2.35. The second kappa shape index (κ2) is 10.8. The molecule has 2 aliphatic heterocycles. The van der Waals surface area contributed by atoms with Gasteiger partial charge in [-0.1, -0.05) is 42.5 Å². The van der Waals surface area contributed by atoms with Crippen LogP contribution in [-0.4, -0.2) is 55.8 Å². The number of carbonyl (C=O) groups is 2. The first-order valence-corrected chi connectivity index (χ1v) is 13.0. The average Bonchev–Trinajstić information content (AvgIpc) is 3.58. The first kappa shape index (κ1) is 27.2. The number of para-hydroxylation sites is 1. The third kappa shape index (κ3) is 4.88. The number of anilines is 1. The highest BCUT2D eigenvalue weighted by atomic mass is 19.3. The number of hydrogen-bond acceptors (Lipinski definition) is 6. The molecule has 0 saturated carbocycles. The SMILES string of the molecule is C[C@@H]1CCn2nc(-c3cnn(C(F)C(F)F)c3)c(C(=O)N[C@H]3N=C(c4ccccc4)c4cccc(F)c4NC3=O)c2O1. The Hall–Kier alpha value is -5.01. The van der Waals surface area contributed by atoms with Gasteiger partial charge in [0.2, 0.25) is 12.0 Å². The van der Waals surface area contributed by atoms with Gasteiger partial charge in [-0.3, -0.25) is 9.59 Å². The lowest BCUT2D eigenvalue weighted by atomic mass is 10.0. The minimum atomic E-state index is -3.32. The summed E-state index contributed by atoms with van der Waals surface area (Å²) in [5, 5.41) is 13.2. The number of amides is 2. The highest BCUT2D eigenvalue weighted by molar-refractivity contribution is 6.20. The highest BCUT2D eigenvalue weighted by Gasteiger charge is 2.35. The topological polar surface area (TPSA) is 115 Å². The van der Waals surface area contributed by atoms with Crippen molar-refractivity contribution in [2.24, 2.45) is 4.99 Å². The number of aliphatic imine (C=N–C) groups is 1. The molecule has 216 valence electrons. The van der Waals surface area contributed by atoms with E-state index in [1.54, 1.807) is 43.3 Å². The van der Waals surface area contributed by atoms with Gasteiger partial charge in [0.1, 0.15) is 17.1 Å². The molecule has 1 unspecified atom stereocenters. The van der Waals surface area contributed by atoms with Crippen LogP contribution in [0, 0.1) is 5.82 Å². The fraction of sp³-hybridized carbons (Fsp3) is 0.250. The van der Waals surface area contributed by atoms with Crippen LogP contribution < -0.4 is 15.4 Å². The zero-order valence-corrected chi connectivity index (χ0v) is 22.0. The molecule has 2 aromatic heterocycles. The maximum absolute atomic E-state index is 14.8. The van der Waals surface area contributed by atoms with Crippen LogP contribution >= 0.6 is 0 Å². The van der Waals surface area contributed by atoms with E-state index in [0.29, 0.717) is 28.8 Å². The third-order valence-corrected chi connectivity index (χ3v) is 6.87. The molecule has 2 N–H and O–H groups in total. The van der Waals surface area contributed by atoms with Gasteiger partial charge in [0.25, 0.3) is 24.5 Å². The van der Waals surface area contributed by atoms with Gasteiger partial charge in [-0.05, 0) is 13.0 Å². The Morgan fingerprint density at radius 3 is 2.67 bits per heavy atom. The Morgan fingerprint density at radius 2 is 1.90 bits per heavy atom. The summed E-state index contributed by atoms with van der Waals surface area (Å²) in [6.07, 6.45) is -5.13. The van der Waals surface area contributed by atoms with E-state index in [9.17, 15) is 27.2 Å². The molecule has 0 radical (unpaired) electrons. The van der Waals surface area contributed by atoms with E-state index in [2.05, 4.69) is 25.8 Å². The van der Waals surface area contributed by atoms with Crippen LogP contribution in [0.4, 0.5) is 23.2 Å². The number of rotatable bonds is 6. The largest absolute Gasteiger partial charge is 0.474 e. The van der Waals surface area contributed by atoms with Crippen LogP contribution in [0.5, 0.6) is 5.88 Å². The molecule has 4 aromatic rings. The molecule has 3 atom stereocenters. The first-order chi connectivity index (χ1) is 20.2. The summed E-state index contributed by atoms with van der Waals surface area (Å²) < 4.78 is 62.5. The Labute approximate surface area is 236 Å². The molecule has 42 heavy (non-hydrogen) atoms. The predicted molar refractivity (Wildman–Crippen MR) is 143 cm³/mol. The van der Waals surface area contributed by atoms with Crippen molar-refractivity contribution >= 4 is 23.2 Å². The Bertz CT molecular complexity index is 1700. The fourth-order valence-corrected chi connectivity index (χ4v) is 4.81. The van der Waals surface area contributed by atoms with Crippen molar-refractivity contribution in [3.63, 3.8) is 0 Å². The molecular formula is C28H23F4N7O3. The van der Waals surface area contributed by atoms with Gasteiger partial charge in [-0.25, -0.2) is 31.9 Å². The number of alkyl halides is 3. The number of halogens is 4. The van der Waals surface area contributed by atoms with E-state index in [-0.39, 0.29) is 40.2 Å². The number of hydrogen-bond donors (Lipinski definition) is 2. The molecule has 0 saturated heterocycles. The second-order valence-electron chi connectivity index (χ2n) is 9.76. The van der Waals surface area contributed by atoms with E-state index in [4.69, 9.17) is 4.74 Å². The van der Waals surface area contributed by atoms with E-state index < -0.39 is 36.5 Å². The van der Waals surface area contributed by atoms with Gasteiger partial charge < -0.3 is 15.4 Å². The molecule has 10 nitrogen and oxygen atoms in total. The van der Waals surface area contributed by atoms with E-state index in [1.165, 1.54) is 16.8 Å². The van der Waals surface area contributed by atoms with Crippen molar-refractivity contribution in [2.45, 2.75) is 44.9 Å². The molecule has 2 amide bonds. The Kier molecular flexibility index (Phi) is 6.96. The molecule has 6 rings (SSSR count). The number of benzene rings is 2. The number of ether oxygens (including phenoxy) is 1. The maximum Gasteiger partial charge on any atom is 0.289 e. The molecule has 0 fully saturated rings. The lowest BCUT2D eigenvalue weighted by Gasteiger charge is -2.22. The molecule has 0 aliphatic carbocycles. The zero-order valence-electron chi connectivity index (χ0n) is 22.0. The number of nitrogens with zero attached hydrogens (tertiary/aromatic N) is 5. The minimum Gasteiger partial charge on any atom is -0.474 e. The van der Waals surface area contributed by atoms with Gasteiger partial charge in [0.15, 0.2) is 0 Å². The molecule has 2 aromatic carbocycles. The van der Waals surface area contributed by atoms with Crippen LogP contribution in [0.25, 0.3) is 11.3 Å². The summed E-state index contributed by atoms with van der Waals surface area (Å²) in [4.78, 5) is 31.6. The minimum absolute atomic E-state index is 0.0139. The van der Waals surface area contributed by atoms with E-state index >= 15 is 0 Å². The van der Waals surface area contributed by atoms with Crippen LogP contribution in [0.3, 0.4) is 0 Å². The number of benzodiazepines with no additional fused rings is 1.